The molecule has 0 spiro atoms. The lowest BCUT2D eigenvalue weighted by Gasteiger charge is -2.16. The first-order chi connectivity index (χ1) is 9.47. The zero-order valence-electron chi connectivity index (χ0n) is 11.4. The first kappa shape index (κ1) is 15.0. The average Bonchev–Trinajstić information content (AvgIpc) is 2.88. The molecule has 1 fully saturated rings. The molecule has 20 heavy (non-hydrogen) atoms. The monoisotopic (exact) mass is 298 g/mol. The van der Waals surface area contributed by atoms with E-state index in [2.05, 4.69) is 5.32 Å². The lowest BCUT2D eigenvalue weighted by atomic mass is 10.2. The van der Waals surface area contributed by atoms with Gasteiger partial charge in [0, 0.05) is 16.6 Å². The van der Waals surface area contributed by atoms with Gasteiger partial charge in [-0.15, -0.1) is 0 Å². The van der Waals surface area contributed by atoms with Gasteiger partial charge in [0.05, 0.1) is 10.8 Å². The zero-order chi connectivity index (χ0) is 14.7. The highest BCUT2D eigenvalue weighted by Gasteiger charge is 2.25. The fourth-order valence-electron chi connectivity index (χ4n) is 2.39. The molecule has 1 aromatic carbocycles. The smallest absolute Gasteiger partial charge is 0.236 e. The molecule has 1 aliphatic carbocycles. The Kier molecular flexibility index (Phi) is 4.75. The lowest BCUT2D eigenvalue weighted by molar-refractivity contribution is -0.121. The topological polar surface area (TPSA) is 72.2 Å². The van der Waals surface area contributed by atoms with Crippen molar-refractivity contribution in [1.29, 1.82) is 0 Å². The van der Waals surface area contributed by atoms with Gasteiger partial charge in [-0.3, -0.25) is 9.00 Å². The summed E-state index contributed by atoms with van der Waals surface area (Å²) in [6, 6.07) is 3.94. The van der Waals surface area contributed by atoms with Crippen LogP contribution in [-0.4, -0.2) is 21.4 Å². The fraction of sp³-hybridized carbons (Fsp3) is 0.500. The van der Waals surface area contributed by atoms with Crippen LogP contribution in [0.4, 0.5) is 10.1 Å². The Hall–Kier alpha value is -1.43. The number of hydrogen-bond acceptors (Lipinski definition) is 3. The number of carbonyl (C=O) groups is 1. The molecular formula is C14H19FN2O2S. The molecule has 6 heteroatoms. The van der Waals surface area contributed by atoms with E-state index in [4.69, 9.17) is 5.73 Å². The summed E-state index contributed by atoms with van der Waals surface area (Å²) in [6.07, 6.45) is 4.17. The van der Waals surface area contributed by atoms with Gasteiger partial charge in [0.2, 0.25) is 5.91 Å². The fourth-order valence-corrected chi connectivity index (χ4v) is 3.54. The summed E-state index contributed by atoms with van der Waals surface area (Å²) in [4.78, 5) is 12.3. The van der Waals surface area contributed by atoms with Crippen LogP contribution in [0.15, 0.2) is 23.1 Å². The number of benzene rings is 1. The third kappa shape index (κ3) is 3.56. The van der Waals surface area contributed by atoms with E-state index >= 15 is 0 Å². The SMILES string of the molecule is CC(C(=O)NC1CCCC1)S(=O)c1cc(N)cc(F)c1. The minimum atomic E-state index is -1.61. The summed E-state index contributed by atoms with van der Waals surface area (Å²) in [6.45, 7) is 1.58. The van der Waals surface area contributed by atoms with Crippen LogP contribution in [0, 0.1) is 5.82 Å². The van der Waals surface area contributed by atoms with Crippen molar-refractivity contribution in [2.75, 3.05) is 5.73 Å². The molecule has 110 valence electrons. The largest absolute Gasteiger partial charge is 0.399 e. The van der Waals surface area contributed by atoms with Crippen molar-refractivity contribution in [3.05, 3.63) is 24.0 Å². The van der Waals surface area contributed by atoms with Crippen LogP contribution < -0.4 is 11.1 Å². The van der Waals surface area contributed by atoms with E-state index in [1.54, 1.807) is 6.92 Å². The van der Waals surface area contributed by atoms with Crippen LogP contribution in [0.2, 0.25) is 0 Å². The molecular weight excluding hydrogens is 279 g/mol. The van der Waals surface area contributed by atoms with E-state index in [-0.39, 0.29) is 22.5 Å². The maximum absolute atomic E-state index is 13.3. The summed E-state index contributed by atoms with van der Waals surface area (Å²) in [5.41, 5.74) is 5.74. The summed E-state index contributed by atoms with van der Waals surface area (Å²) in [7, 11) is -1.61. The number of nitrogens with one attached hydrogen (secondary N) is 1. The van der Waals surface area contributed by atoms with Crippen molar-refractivity contribution in [2.45, 2.75) is 48.8 Å². The van der Waals surface area contributed by atoms with Gasteiger partial charge in [0.15, 0.2) is 0 Å². The molecule has 0 aromatic heterocycles. The number of halogens is 1. The molecule has 0 radical (unpaired) electrons. The minimum absolute atomic E-state index is 0.180. The summed E-state index contributed by atoms with van der Waals surface area (Å²) in [5, 5.41) is 2.18. The maximum atomic E-state index is 13.3. The third-order valence-corrected chi connectivity index (χ3v) is 5.07. The predicted molar refractivity (Wildman–Crippen MR) is 77.1 cm³/mol. The average molecular weight is 298 g/mol. The normalized spacial score (nSPS) is 18.7. The van der Waals surface area contributed by atoms with Crippen LogP contribution in [0.25, 0.3) is 0 Å². The molecule has 1 amide bonds. The zero-order valence-corrected chi connectivity index (χ0v) is 12.2. The van der Waals surface area contributed by atoms with Crippen LogP contribution in [0.1, 0.15) is 32.6 Å². The van der Waals surface area contributed by atoms with Crippen LogP contribution >= 0.6 is 0 Å². The Balaban J connectivity index is 2.05. The van der Waals surface area contributed by atoms with Crippen molar-refractivity contribution < 1.29 is 13.4 Å². The predicted octanol–water partition coefficient (Wildman–Crippen LogP) is 1.96. The number of carbonyl (C=O) groups excluding carboxylic acids is 1. The summed E-state index contributed by atoms with van der Waals surface area (Å²) >= 11 is 0. The highest BCUT2D eigenvalue weighted by atomic mass is 32.2. The molecule has 4 nitrogen and oxygen atoms in total. The Morgan fingerprint density at radius 3 is 2.65 bits per heavy atom. The molecule has 0 aliphatic heterocycles. The van der Waals surface area contributed by atoms with E-state index in [0.29, 0.717) is 0 Å². The number of anilines is 1. The standard InChI is InChI=1S/C14H19FN2O2S/c1-9(14(18)17-12-4-2-3-5-12)20(19)13-7-10(15)6-11(16)8-13/h6-9,12H,2-5,16H2,1H3,(H,17,18). The van der Waals surface area contributed by atoms with Gasteiger partial charge < -0.3 is 11.1 Å². The number of hydrogen-bond donors (Lipinski definition) is 2. The van der Waals surface area contributed by atoms with Crippen LogP contribution in [0.5, 0.6) is 0 Å². The van der Waals surface area contributed by atoms with Gasteiger partial charge in [0.1, 0.15) is 11.1 Å². The van der Waals surface area contributed by atoms with Crippen molar-refractivity contribution >= 4 is 22.4 Å². The van der Waals surface area contributed by atoms with Crippen molar-refractivity contribution in [2.24, 2.45) is 0 Å². The number of amides is 1. The van der Waals surface area contributed by atoms with Crippen LogP contribution in [0.3, 0.4) is 0 Å². The molecule has 0 saturated heterocycles. The second-order valence-electron chi connectivity index (χ2n) is 5.15. The van der Waals surface area contributed by atoms with Gasteiger partial charge in [0.25, 0.3) is 0 Å². The first-order valence-electron chi connectivity index (χ1n) is 6.74. The highest BCUT2D eigenvalue weighted by Crippen LogP contribution is 2.20. The third-order valence-electron chi connectivity index (χ3n) is 3.52. The summed E-state index contributed by atoms with van der Waals surface area (Å²) in [5.74, 6) is -0.796. The van der Waals surface area contributed by atoms with Gasteiger partial charge >= 0.3 is 0 Å². The number of nitrogens with two attached hydrogens (primary N) is 1. The number of nitrogen functional groups attached to an aromatic ring is 1. The lowest BCUT2D eigenvalue weighted by Crippen LogP contribution is -2.40. The van der Waals surface area contributed by atoms with E-state index in [1.807, 2.05) is 0 Å². The molecule has 2 unspecified atom stereocenters. The number of rotatable bonds is 4. The van der Waals surface area contributed by atoms with Crippen LogP contribution in [-0.2, 0) is 15.6 Å². The molecule has 1 aromatic rings. The van der Waals surface area contributed by atoms with E-state index in [1.165, 1.54) is 6.07 Å². The Morgan fingerprint density at radius 1 is 1.40 bits per heavy atom. The first-order valence-corrected chi connectivity index (χ1v) is 7.95. The summed E-state index contributed by atoms with van der Waals surface area (Å²) < 4.78 is 25.6. The molecule has 0 heterocycles. The molecule has 3 N–H and O–H groups in total. The maximum Gasteiger partial charge on any atom is 0.236 e. The highest BCUT2D eigenvalue weighted by molar-refractivity contribution is 7.86. The van der Waals surface area contributed by atoms with Gasteiger partial charge in [-0.1, -0.05) is 12.8 Å². The Morgan fingerprint density at radius 2 is 2.05 bits per heavy atom. The second kappa shape index (κ2) is 6.35. The molecule has 2 atom stereocenters. The Labute approximate surface area is 120 Å². The van der Waals surface area contributed by atoms with Gasteiger partial charge in [-0.2, -0.15) is 0 Å². The van der Waals surface area contributed by atoms with Crippen molar-refractivity contribution in [1.82, 2.24) is 5.32 Å². The molecule has 1 aliphatic rings. The minimum Gasteiger partial charge on any atom is -0.399 e. The molecule has 2 rings (SSSR count). The quantitative estimate of drug-likeness (QED) is 0.835. The van der Waals surface area contributed by atoms with Crippen molar-refractivity contribution in [3.8, 4) is 0 Å². The van der Waals surface area contributed by atoms with Gasteiger partial charge in [-0.25, -0.2) is 4.39 Å². The van der Waals surface area contributed by atoms with E-state index < -0.39 is 21.9 Å². The van der Waals surface area contributed by atoms with E-state index in [9.17, 15) is 13.4 Å². The van der Waals surface area contributed by atoms with E-state index in [0.717, 1.165) is 37.8 Å². The van der Waals surface area contributed by atoms with Crippen molar-refractivity contribution in [3.63, 3.8) is 0 Å². The second-order valence-corrected chi connectivity index (χ2v) is 6.92. The molecule has 1 saturated carbocycles. The Bertz CT molecular complexity index is 510. The van der Waals surface area contributed by atoms with Gasteiger partial charge in [-0.05, 0) is 38.0 Å². The molecule has 0 bridgehead atoms.